The number of imide groups is 1. The first-order chi connectivity index (χ1) is 17.6. The molecule has 1 fully saturated rings. The summed E-state index contributed by atoms with van der Waals surface area (Å²) in [5.74, 6) is -3.52. The van der Waals surface area contributed by atoms with Crippen molar-refractivity contribution >= 4 is 23.5 Å². The van der Waals surface area contributed by atoms with Crippen LogP contribution in [0, 0.1) is 29.5 Å². The number of nitrogens with zero attached hydrogens (tertiary/aromatic N) is 2. The second-order valence-corrected chi connectivity index (χ2v) is 10.1. The van der Waals surface area contributed by atoms with Crippen molar-refractivity contribution in [3.8, 4) is 5.75 Å². The molecule has 0 saturated carbocycles. The van der Waals surface area contributed by atoms with Crippen molar-refractivity contribution in [3.63, 3.8) is 0 Å². The smallest absolute Gasteiger partial charge is 0.233 e. The predicted molar refractivity (Wildman–Crippen MR) is 137 cm³/mol. The monoisotopic (exact) mass is 508 g/mol. The maximum atomic E-state index is 14.0. The molecule has 3 N–H and O–H groups in total. The van der Waals surface area contributed by atoms with E-state index in [1.807, 2.05) is 26.0 Å². The number of aliphatic hydroxyl groups is 2. The minimum Gasteiger partial charge on any atom is -0.505 e. The lowest BCUT2D eigenvalue weighted by Gasteiger charge is -2.38. The van der Waals surface area contributed by atoms with Crippen molar-refractivity contribution in [1.29, 1.82) is 0 Å². The van der Waals surface area contributed by atoms with Crippen LogP contribution in [0.2, 0.25) is 0 Å². The number of benzene rings is 1. The zero-order valence-corrected chi connectivity index (χ0v) is 21.3. The summed E-state index contributed by atoms with van der Waals surface area (Å²) in [5, 5.41) is 31.3. The van der Waals surface area contributed by atoms with Crippen LogP contribution in [-0.4, -0.2) is 56.8 Å². The Hall–Kier alpha value is -3.36. The van der Waals surface area contributed by atoms with Crippen LogP contribution in [0.15, 0.2) is 53.7 Å². The molecule has 2 amide bonds. The molecule has 1 aliphatic carbocycles. The quantitative estimate of drug-likeness (QED) is 0.370. The number of aromatic nitrogens is 1. The Bertz CT molecular complexity index is 1240. The van der Waals surface area contributed by atoms with Crippen molar-refractivity contribution in [1.82, 2.24) is 9.88 Å². The van der Waals surface area contributed by atoms with E-state index in [0.717, 1.165) is 16.0 Å². The number of carbonyl (C=O) groups is 2. The normalized spacial score (nSPS) is 23.2. The van der Waals surface area contributed by atoms with Gasteiger partial charge in [0.1, 0.15) is 0 Å². The second-order valence-electron chi connectivity index (χ2n) is 10.1. The van der Waals surface area contributed by atoms with E-state index in [1.165, 1.54) is 19.2 Å². The number of pyridine rings is 1. The molecular formula is C29H33FN2O5. The van der Waals surface area contributed by atoms with Gasteiger partial charge in [0.2, 0.25) is 11.8 Å². The zero-order chi connectivity index (χ0) is 26.9. The highest BCUT2D eigenvalue weighted by Gasteiger charge is 2.53. The molecule has 2 aromatic rings. The molecule has 8 heteroatoms. The maximum absolute atomic E-state index is 14.0. The number of aliphatic hydroxyl groups excluding tert-OH is 2. The van der Waals surface area contributed by atoms with Gasteiger partial charge in [0, 0.05) is 19.2 Å². The van der Waals surface area contributed by atoms with Gasteiger partial charge in [0.05, 0.1) is 30.2 Å². The largest absolute Gasteiger partial charge is 0.505 e. The van der Waals surface area contributed by atoms with E-state index in [4.69, 9.17) is 0 Å². The van der Waals surface area contributed by atoms with Crippen LogP contribution in [0.25, 0.3) is 11.6 Å². The summed E-state index contributed by atoms with van der Waals surface area (Å²) < 4.78 is 14.0. The molecule has 7 nitrogen and oxygen atoms in total. The third-order valence-electron chi connectivity index (χ3n) is 7.59. The molecule has 0 spiro atoms. The van der Waals surface area contributed by atoms with Crippen molar-refractivity contribution in [2.75, 3.05) is 13.7 Å². The van der Waals surface area contributed by atoms with Crippen LogP contribution in [0.1, 0.15) is 44.4 Å². The summed E-state index contributed by atoms with van der Waals surface area (Å²) in [6, 6.07) is 9.57. The van der Waals surface area contributed by atoms with Crippen molar-refractivity contribution < 1.29 is 29.3 Å². The standard InChI is InChI=1S/C29H33FN2O5/c1-16(2)19-14-20-27(29(37)32(3)28(20)36)21(15-33)26(19)25(35)10-8-18(23-6-4-5-11-31-23)12-17-7-9-24(34)22(30)13-17/h4-7,9,11-13,16,20-21,25,27,33-35H,8,10,14-15H2,1-3H3/b18-12-/t20-,21+,25-,27-/m1/s1. The molecule has 1 aliphatic heterocycles. The minimum atomic E-state index is -0.951. The SMILES string of the molecule is CC(C)C1=C([C@H](O)CC/C(=C/c2ccc(O)c(F)c2)c2ccccn2)[C@H](CO)[C@@H]2C(=O)N(C)C(=O)[C@@H]2C1. The molecule has 2 heterocycles. The number of hydrogen-bond donors (Lipinski definition) is 3. The molecule has 1 aromatic heterocycles. The highest BCUT2D eigenvalue weighted by atomic mass is 19.1. The molecule has 4 rings (SSSR count). The summed E-state index contributed by atoms with van der Waals surface area (Å²) in [6.07, 6.45) is 3.51. The number of carbonyl (C=O) groups excluding carboxylic acids is 2. The number of halogens is 1. The van der Waals surface area contributed by atoms with E-state index in [1.54, 1.807) is 24.4 Å². The summed E-state index contributed by atoms with van der Waals surface area (Å²) in [7, 11) is 1.47. The first kappa shape index (κ1) is 26.7. The number of hydrogen-bond acceptors (Lipinski definition) is 6. The van der Waals surface area contributed by atoms with Gasteiger partial charge in [0.15, 0.2) is 11.6 Å². The fraction of sp³-hybridized carbons (Fsp3) is 0.414. The van der Waals surface area contributed by atoms with Crippen LogP contribution < -0.4 is 0 Å². The summed E-state index contributed by atoms with van der Waals surface area (Å²) in [5.41, 5.74) is 3.53. The maximum Gasteiger partial charge on any atom is 0.233 e. The zero-order valence-electron chi connectivity index (χ0n) is 21.3. The molecule has 0 bridgehead atoms. The Labute approximate surface area is 216 Å². The van der Waals surface area contributed by atoms with E-state index >= 15 is 0 Å². The van der Waals surface area contributed by atoms with Gasteiger partial charge in [-0.3, -0.25) is 19.5 Å². The lowest BCUT2D eigenvalue weighted by molar-refractivity contribution is -0.138. The Morgan fingerprint density at radius 2 is 1.97 bits per heavy atom. The molecular weight excluding hydrogens is 475 g/mol. The number of fused-ring (bicyclic) bond motifs is 1. The lowest BCUT2D eigenvalue weighted by Crippen LogP contribution is -2.39. The molecule has 0 unspecified atom stereocenters. The second kappa shape index (κ2) is 10.9. The number of aromatic hydroxyl groups is 1. The average molecular weight is 509 g/mol. The van der Waals surface area contributed by atoms with Crippen LogP contribution >= 0.6 is 0 Å². The molecule has 1 saturated heterocycles. The predicted octanol–water partition coefficient (Wildman–Crippen LogP) is 3.80. The summed E-state index contributed by atoms with van der Waals surface area (Å²) >= 11 is 0. The molecule has 196 valence electrons. The van der Waals surface area contributed by atoms with E-state index in [9.17, 15) is 29.3 Å². The van der Waals surface area contributed by atoms with Crippen molar-refractivity contribution in [3.05, 3.63) is 70.8 Å². The van der Waals surface area contributed by atoms with E-state index in [2.05, 4.69) is 4.98 Å². The van der Waals surface area contributed by atoms with Crippen LogP contribution in [0.3, 0.4) is 0 Å². The number of amides is 2. The van der Waals surface area contributed by atoms with Gasteiger partial charge in [-0.15, -0.1) is 0 Å². The Balaban J connectivity index is 1.66. The highest BCUT2D eigenvalue weighted by molar-refractivity contribution is 6.05. The Morgan fingerprint density at radius 1 is 1.22 bits per heavy atom. The Morgan fingerprint density at radius 3 is 2.59 bits per heavy atom. The van der Waals surface area contributed by atoms with E-state index in [-0.39, 0.29) is 30.8 Å². The number of allylic oxidation sites excluding steroid dienone is 2. The molecule has 4 atom stereocenters. The van der Waals surface area contributed by atoms with E-state index in [0.29, 0.717) is 29.7 Å². The highest BCUT2D eigenvalue weighted by Crippen LogP contribution is 2.47. The molecule has 2 aliphatic rings. The van der Waals surface area contributed by atoms with E-state index < -0.39 is 35.4 Å². The van der Waals surface area contributed by atoms with Gasteiger partial charge < -0.3 is 15.3 Å². The van der Waals surface area contributed by atoms with Gasteiger partial charge in [-0.2, -0.15) is 0 Å². The van der Waals surface area contributed by atoms with Gasteiger partial charge >= 0.3 is 0 Å². The summed E-state index contributed by atoms with van der Waals surface area (Å²) in [4.78, 5) is 31.2. The molecule has 37 heavy (non-hydrogen) atoms. The van der Waals surface area contributed by atoms with Crippen LogP contribution in [-0.2, 0) is 9.59 Å². The lowest BCUT2D eigenvalue weighted by atomic mass is 9.66. The van der Waals surface area contributed by atoms with Crippen molar-refractivity contribution in [2.24, 2.45) is 23.7 Å². The van der Waals surface area contributed by atoms with Gasteiger partial charge in [-0.1, -0.05) is 31.6 Å². The fourth-order valence-electron chi connectivity index (χ4n) is 5.69. The molecule has 0 radical (unpaired) electrons. The molecule has 1 aromatic carbocycles. The van der Waals surface area contributed by atoms with Gasteiger partial charge in [0.25, 0.3) is 0 Å². The number of rotatable bonds is 8. The first-order valence-electron chi connectivity index (χ1n) is 12.6. The third kappa shape index (κ3) is 5.22. The topological polar surface area (TPSA) is 111 Å². The van der Waals surface area contributed by atoms with Crippen LogP contribution in [0.5, 0.6) is 5.75 Å². The van der Waals surface area contributed by atoms with Gasteiger partial charge in [-0.25, -0.2) is 4.39 Å². The Kier molecular flexibility index (Phi) is 7.90. The first-order valence-corrected chi connectivity index (χ1v) is 12.6. The number of phenolic OH excluding ortho intramolecular Hbond substituents is 1. The summed E-state index contributed by atoms with van der Waals surface area (Å²) in [6.45, 7) is 3.63. The third-order valence-corrected chi connectivity index (χ3v) is 7.59. The number of phenols is 1. The average Bonchev–Trinajstić information content (AvgIpc) is 3.11. The van der Waals surface area contributed by atoms with Crippen molar-refractivity contribution in [2.45, 2.75) is 39.2 Å². The minimum absolute atomic E-state index is 0.0271. The van der Waals surface area contributed by atoms with Crippen LogP contribution in [0.4, 0.5) is 4.39 Å². The van der Waals surface area contributed by atoms with Gasteiger partial charge in [-0.05, 0) is 72.2 Å². The number of likely N-dealkylation sites (tertiary alicyclic amines) is 1. The fourth-order valence-corrected chi connectivity index (χ4v) is 5.69.